The molecule has 100 valence electrons. The number of aryl methyl sites for hydroxylation is 2. The van der Waals surface area contributed by atoms with E-state index in [2.05, 4.69) is 11.4 Å². The zero-order valence-corrected chi connectivity index (χ0v) is 12.2. The zero-order valence-electron chi connectivity index (χ0n) is 10.6. The largest absolute Gasteiger partial charge is 0.506 e. The SMILES string of the molecule is Oc1ccc(CNCc2cc3c(s2)CCC3)cc1Cl. The summed E-state index contributed by atoms with van der Waals surface area (Å²) in [5.74, 6) is 0.139. The van der Waals surface area contributed by atoms with Gasteiger partial charge in [0.25, 0.3) is 0 Å². The van der Waals surface area contributed by atoms with Gasteiger partial charge in [0.1, 0.15) is 5.75 Å². The van der Waals surface area contributed by atoms with Crippen LogP contribution in [0.5, 0.6) is 5.75 Å². The molecule has 0 saturated heterocycles. The number of phenolic OH excluding ortho intramolecular Hbond substituents is 1. The van der Waals surface area contributed by atoms with E-state index < -0.39 is 0 Å². The Balaban J connectivity index is 1.56. The molecule has 0 bridgehead atoms. The Kier molecular flexibility index (Phi) is 3.78. The van der Waals surface area contributed by atoms with Crippen molar-refractivity contribution in [1.82, 2.24) is 5.32 Å². The number of nitrogens with one attached hydrogen (secondary N) is 1. The molecule has 1 aromatic heterocycles. The molecule has 0 amide bonds. The Hall–Kier alpha value is -1.03. The second-order valence-electron chi connectivity index (χ2n) is 4.90. The van der Waals surface area contributed by atoms with Crippen molar-refractivity contribution in [1.29, 1.82) is 0 Å². The lowest BCUT2D eigenvalue weighted by atomic mass is 10.2. The molecule has 2 N–H and O–H groups in total. The normalized spacial score (nSPS) is 13.7. The fraction of sp³-hybridized carbons (Fsp3) is 0.333. The Morgan fingerprint density at radius 3 is 2.89 bits per heavy atom. The third-order valence-corrected chi connectivity index (χ3v) is 4.98. The number of halogens is 1. The summed E-state index contributed by atoms with van der Waals surface area (Å²) in [6.07, 6.45) is 3.83. The average Bonchev–Trinajstić information content (AvgIpc) is 2.94. The lowest BCUT2D eigenvalue weighted by Gasteiger charge is -2.05. The highest BCUT2D eigenvalue weighted by Gasteiger charge is 2.14. The van der Waals surface area contributed by atoms with Crippen LogP contribution in [-0.2, 0) is 25.9 Å². The summed E-state index contributed by atoms with van der Waals surface area (Å²) < 4.78 is 0. The minimum atomic E-state index is 0.139. The summed E-state index contributed by atoms with van der Waals surface area (Å²) in [6.45, 7) is 1.67. The van der Waals surface area contributed by atoms with Gasteiger partial charge in [-0.3, -0.25) is 0 Å². The number of hydrogen-bond acceptors (Lipinski definition) is 3. The molecule has 1 heterocycles. The number of fused-ring (bicyclic) bond motifs is 1. The van der Waals surface area contributed by atoms with E-state index in [0.29, 0.717) is 5.02 Å². The van der Waals surface area contributed by atoms with E-state index in [-0.39, 0.29) is 5.75 Å². The highest BCUT2D eigenvalue weighted by atomic mass is 35.5. The molecule has 4 heteroatoms. The first-order valence-corrected chi connectivity index (χ1v) is 7.70. The third-order valence-electron chi connectivity index (χ3n) is 3.44. The Labute approximate surface area is 122 Å². The van der Waals surface area contributed by atoms with Crippen LogP contribution >= 0.6 is 22.9 Å². The monoisotopic (exact) mass is 293 g/mol. The minimum absolute atomic E-state index is 0.139. The van der Waals surface area contributed by atoms with E-state index in [4.69, 9.17) is 11.6 Å². The molecule has 0 atom stereocenters. The molecule has 0 saturated carbocycles. The summed E-state index contributed by atoms with van der Waals surface area (Å²) >= 11 is 7.82. The summed E-state index contributed by atoms with van der Waals surface area (Å²) in [5.41, 5.74) is 2.64. The number of phenols is 1. The molecule has 0 aliphatic heterocycles. The van der Waals surface area contributed by atoms with Crippen molar-refractivity contribution in [3.63, 3.8) is 0 Å². The van der Waals surface area contributed by atoms with E-state index >= 15 is 0 Å². The number of aromatic hydroxyl groups is 1. The Morgan fingerprint density at radius 1 is 1.21 bits per heavy atom. The van der Waals surface area contributed by atoms with Crippen molar-refractivity contribution in [2.24, 2.45) is 0 Å². The summed E-state index contributed by atoms with van der Waals surface area (Å²) in [4.78, 5) is 2.99. The van der Waals surface area contributed by atoms with Gasteiger partial charge in [0, 0.05) is 22.8 Å². The Morgan fingerprint density at radius 2 is 2.11 bits per heavy atom. The van der Waals surface area contributed by atoms with Crippen molar-refractivity contribution in [3.8, 4) is 5.75 Å². The highest BCUT2D eigenvalue weighted by molar-refractivity contribution is 7.12. The van der Waals surface area contributed by atoms with E-state index in [1.54, 1.807) is 22.6 Å². The first kappa shape index (κ1) is 13.0. The quantitative estimate of drug-likeness (QED) is 0.896. The Bertz CT molecular complexity index is 572. The van der Waals surface area contributed by atoms with E-state index in [9.17, 15) is 5.11 Å². The summed E-state index contributed by atoms with van der Waals surface area (Å²) in [5, 5.41) is 13.2. The van der Waals surface area contributed by atoms with Gasteiger partial charge in [-0.2, -0.15) is 0 Å². The summed E-state index contributed by atoms with van der Waals surface area (Å²) in [7, 11) is 0. The molecule has 0 unspecified atom stereocenters. The maximum absolute atomic E-state index is 9.36. The van der Waals surface area contributed by atoms with Gasteiger partial charge in [-0.25, -0.2) is 0 Å². The number of hydrogen-bond donors (Lipinski definition) is 2. The number of thiophene rings is 1. The van der Waals surface area contributed by atoms with Gasteiger partial charge in [0.2, 0.25) is 0 Å². The van der Waals surface area contributed by atoms with Gasteiger partial charge in [0.05, 0.1) is 5.02 Å². The molecule has 19 heavy (non-hydrogen) atoms. The van der Waals surface area contributed by atoms with Gasteiger partial charge < -0.3 is 10.4 Å². The standard InChI is InChI=1S/C15H16ClNOS/c16-13-6-10(4-5-14(13)18)8-17-9-12-7-11-2-1-3-15(11)19-12/h4-7,17-18H,1-3,8-9H2. The average molecular weight is 294 g/mol. The molecular weight excluding hydrogens is 278 g/mol. The zero-order chi connectivity index (χ0) is 13.2. The topological polar surface area (TPSA) is 32.3 Å². The lowest BCUT2D eigenvalue weighted by molar-refractivity contribution is 0.475. The fourth-order valence-electron chi connectivity index (χ4n) is 2.47. The van der Waals surface area contributed by atoms with Gasteiger partial charge in [0.15, 0.2) is 0 Å². The van der Waals surface area contributed by atoms with Crippen LogP contribution in [-0.4, -0.2) is 5.11 Å². The maximum Gasteiger partial charge on any atom is 0.134 e. The second kappa shape index (κ2) is 5.53. The fourth-order valence-corrected chi connectivity index (χ4v) is 3.90. The molecule has 1 aliphatic rings. The van der Waals surface area contributed by atoms with Gasteiger partial charge in [-0.05, 0) is 48.6 Å². The molecule has 2 aromatic rings. The number of benzene rings is 1. The molecule has 2 nitrogen and oxygen atoms in total. The maximum atomic E-state index is 9.36. The van der Waals surface area contributed by atoms with E-state index in [1.807, 2.05) is 17.4 Å². The minimum Gasteiger partial charge on any atom is -0.506 e. The van der Waals surface area contributed by atoms with Crippen molar-refractivity contribution < 1.29 is 5.11 Å². The molecule has 3 rings (SSSR count). The van der Waals surface area contributed by atoms with Crippen LogP contribution in [0.2, 0.25) is 5.02 Å². The molecule has 0 spiro atoms. The highest BCUT2D eigenvalue weighted by Crippen LogP contribution is 2.30. The van der Waals surface area contributed by atoms with Crippen LogP contribution in [0.25, 0.3) is 0 Å². The van der Waals surface area contributed by atoms with Gasteiger partial charge >= 0.3 is 0 Å². The van der Waals surface area contributed by atoms with Crippen molar-refractivity contribution in [2.75, 3.05) is 0 Å². The van der Waals surface area contributed by atoms with Crippen molar-refractivity contribution >= 4 is 22.9 Å². The van der Waals surface area contributed by atoms with Gasteiger partial charge in [-0.1, -0.05) is 17.7 Å². The van der Waals surface area contributed by atoms with Crippen LogP contribution in [0.4, 0.5) is 0 Å². The van der Waals surface area contributed by atoms with Gasteiger partial charge in [-0.15, -0.1) is 11.3 Å². The van der Waals surface area contributed by atoms with E-state index in [0.717, 1.165) is 18.7 Å². The molecule has 0 radical (unpaired) electrons. The van der Waals surface area contributed by atoms with Crippen LogP contribution in [0.3, 0.4) is 0 Å². The third kappa shape index (κ3) is 2.94. The smallest absolute Gasteiger partial charge is 0.134 e. The van der Waals surface area contributed by atoms with E-state index in [1.165, 1.54) is 24.1 Å². The molecule has 1 aliphatic carbocycles. The van der Waals surface area contributed by atoms with Crippen molar-refractivity contribution in [3.05, 3.63) is 50.2 Å². The molecule has 1 aromatic carbocycles. The van der Waals surface area contributed by atoms with Crippen LogP contribution < -0.4 is 5.32 Å². The lowest BCUT2D eigenvalue weighted by Crippen LogP contribution is -2.11. The van der Waals surface area contributed by atoms with Crippen LogP contribution in [0.15, 0.2) is 24.3 Å². The molecular formula is C15H16ClNOS. The van der Waals surface area contributed by atoms with Crippen molar-refractivity contribution in [2.45, 2.75) is 32.4 Å². The number of rotatable bonds is 4. The first-order valence-electron chi connectivity index (χ1n) is 6.51. The predicted octanol–water partition coefficient (Wildman–Crippen LogP) is 3.89. The summed E-state index contributed by atoms with van der Waals surface area (Å²) in [6, 6.07) is 7.67. The van der Waals surface area contributed by atoms with Crippen LogP contribution in [0.1, 0.15) is 27.3 Å². The molecule has 0 fully saturated rings. The second-order valence-corrected chi connectivity index (χ2v) is 6.53. The van der Waals surface area contributed by atoms with Crippen LogP contribution in [0, 0.1) is 0 Å². The predicted molar refractivity (Wildman–Crippen MR) is 80.0 cm³/mol. The first-order chi connectivity index (χ1) is 9.22.